The lowest BCUT2D eigenvalue weighted by Crippen LogP contribution is -2.52. The molecule has 16 heavy (non-hydrogen) atoms. The summed E-state index contributed by atoms with van der Waals surface area (Å²) >= 11 is 1.71. The number of aliphatic hydroxyl groups is 1. The van der Waals surface area contributed by atoms with Crippen molar-refractivity contribution in [1.29, 1.82) is 0 Å². The van der Waals surface area contributed by atoms with Crippen molar-refractivity contribution in [3.05, 3.63) is 21.9 Å². The molecule has 2 unspecified atom stereocenters. The molecule has 2 heterocycles. The molecular formula is C12H20N2OS. The summed E-state index contributed by atoms with van der Waals surface area (Å²) in [7, 11) is 4.21. The van der Waals surface area contributed by atoms with E-state index in [0.717, 1.165) is 25.2 Å². The van der Waals surface area contributed by atoms with Crippen molar-refractivity contribution >= 4 is 11.3 Å². The van der Waals surface area contributed by atoms with Crippen LogP contribution in [-0.2, 0) is 0 Å². The van der Waals surface area contributed by atoms with Crippen LogP contribution in [0.2, 0.25) is 0 Å². The van der Waals surface area contributed by atoms with Gasteiger partial charge in [0.15, 0.2) is 0 Å². The standard InChI is InChI=1S/C12H20N2OS/c1-9-6-10(8-16-9)12(15)11-7-13(2)4-5-14(11)3/h6,8,11-12,15H,4-5,7H2,1-3H3. The van der Waals surface area contributed by atoms with Crippen LogP contribution in [0.15, 0.2) is 11.4 Å². The highest BCUT2D eigenvalue weighted by atomic mass is 32.1. The van der Waals surface area contributed by atoms with Crippen LogP contribution >= 0.6 is 11.3 Å². The fourth-order valence-corrected chi connectivity index (χ4v) is 2.96. The van der Waals surface area contributed by atoms with Crippen LogP contribution in [-0.4, -0.2) is 54.7 Å². The van der Waals surface area contributed by atoms with Crippen LogP contribution in [0.1, 0.15) is 16.5 Å². The van der Waals surface area contributed by atoms with Crippen molar-refractivity contribution in [2.75, 3.05) is 33.7 Å². The number of likely N-dealkylation sites (N-methyl/N-ethyl adjacent to an activating group) is 2. The first-order chi connectivity index (χ1) is 7.58. The van der Waals surface area contributed by atoms with Crippen molar-refractivity contribution in [2.45, 2.75) is 19.1 Å². The highest BCUT2D eigenvalue weighted by Crippen LogP contribution is 2.26. The molecule has 2 rings (SSSR count). The van der Waals surface area contributed by atoms with Gasteiger partial charge in [0, 0.05) is 24.5 Å². The van der Waals surface area contributed by atoms with Gasteiger partial charge in [-0.1, -0.05) is 0 Å². The predicted octanol–water partition coefficient (Wildman–Crippen LogP) is 1.34. The van der Waals surface area contributed by atoms with Crippen LogP contribution in [0.4, 0.5) is 0 Å². The zero-order valence-electron chi connectivity index (χ0n) is 10.2. The number of aryl methyl sites for hydroxylation is 1. The monoisotopic (exact) mass is 240 g/mol. The van der Waals surface area contributed by atoms with Gasteiger partial charge in [-0.3, -0.25) is 4.90 Å². The molecule has 0 aliphatic carbocycles. The summed E-state index contributed by atoms with van der Waals surface area (Å²) in [5.74, 6) is 0. The van der Waals surface area contributed by atoms with Crippen LogP contribution in [0.25, 0.3) is 0 Å². The number of hydrogen-bond acceptors (Lipinski definition) is 4. The molecule has 1 saturated heterocycles. The quantitative estimate of drug-likeness (QED) is 0.845. The normalized spacial score (nSPS) is 25.9. The molecule has 0 saturated carbocycles. The summed E-state index contributed by atoms with van der Waals surface area (Å²) in [6, 6.07) is 2.31. The molecule has 1 aromatic heterocycles. The van der Waals surface area contributed by atoms with E-state index in [2.05, 4.69) is 42.3 Å². The Labute approximate surface area is 101 Å². The van der Waals surface area contributed by atoms with Gasteiger partial charge in [0.25, 0.3) is 0 Å². The average molecular weight is 240 g/mol. The first kappa shape index (κ1) is 12.0. The molecule has 0 spiro atoms. The second kappa shape index (κ2) is 4.84. The van der Waals surface area contributed by atoms with Crippen LogP contribution < -0.4 is 0 Å². The summed E-state index contributed by atoms with van der Waals surface area (Å²) in [6.07, 6.45) is -0.363. The van der Waals surface area contributed by atoms with Crippen LogP contribution in [0.5, 0.6) is 0 Å². The Bertz CT molecular complexity index is 353. The van der Waals surface area contributed by atoms with E-state index in [1.54, 1.807) is 11.3 Å². The third kappa shape index (κ3) is 2.46. The largest absolute Gasteiger partial charge is 0.387 e. The van der Waals surface area contributed by atoms with E-state index >= 15 is 0 Å². The lowest BCUT2D eigenvalue weighted by Gasteiger charge is -2.40. The fourth-order valence-electron chi connectivity index (χ4n) is 2.23. The molecule has 1 aromatic rings. The van der Waals surface area contributed by atoms with Crippen LogP contribution in [0, 0.1) is 6.92 Å². The predicted molar refractivity (Wildman–Crippen MR) is 67.9 cm³/mol. The van der Waals surface area contributed by atoms with Gasteiger partial charge in [-0.05, 0) is 38.0 Å². The maximum Gasteiger partial charge on any atom is 0.0965 e. The molecule has 2 atom stereocenters. The fraction of sp³-hybridized carbons (Fsp3) is 0.667. The van der Waals surface area contributed by atoms with Gasteiger partial charge in [0.05, 0.1) is 12.1 Å². The number of aliphatic hydroxyl groups excluding tert-OH is 1. The smallest absolute Gasteiger partial charge is 0.0965 e. The molecule has 0 amide bonds. The minimum Gasteiger partial charge on any atom is -0.387 e. The minimum atomic E-state index is -0.363. The van der Waals surface area contributed by atoms with Gasteiger partial charge in [0.1, 0.15) is 0 Å². The number of piperazine rings is 1. The zero-order valence-corrected chi connectivity index (χ0v) is 11.0. The van der Waals surface area contributed by atoms with Gasteiger partial charge >= 0.3 is 0 Å². The molecule has 4 heteroatoms. The first-order valence-electron chi connectivity index (χ1n) is 5.70. The van der Waals surface area contributed by atoms with E-state index in [0.29, 0.717) is 0 Å². The van der Waals surface area contributed by atoms with Crippen molar-refractivity contribution < 1.29 is 5.11 Å². The minimum absolute atomic E-state index is 0.216. The average Bonchev–Trinajstić information content (AvgIpc) is 2.67. The maximum absolute atomic E-state index is 10.4. The molecule has 3 nitrogen and oxygen atoms in total. The third-order valence-electron chi connectivity index (χ3n) is 3.36. The number of rotatable bonds is 2. The van der Waals surface area contributed by atoms with Crippen molar-refractivity contribution in [3.8, 4) is 0 Å². The van der Waals surface area contributed by atoms with E-state index < -0.39 is 0 Å². The molecule has 1 fully saturated rings. The molecule has 1 N–H and O–H groups in total. The third-order valence-corrected chi connectivity index (χ3v) is 4.24. The van der Waals surface area contributed by atoms with Crippen molar-refractivity contribution in [1.82, 2.24) is 9.80 Å². The Morgan fingerprint density at radius 2 is 2.19 bits per heavy atom. The molecule has 0 radical (unpaired) electrons. The molecule has 0 aromatic carbocycles. The first-order valence-corrected chi connectivity index (χ1v) is 6.58. The van der Waals surface area contributed by atoms with E-state index in [-0.39, 0.29) is 12.1 Å². The van der Waals surface area contributed by atoms with E-state index in [4.69, 9.17) is 0 Å². The summed E-state index contributed by atoms with van der Waals surface area (Å²) < 4.78 is 0. The Hall–Kier alpha value is -0.420. The molecule has 1 aliphatic heterocycles. The summed E-state index contributed by atoms with van der Waals surface area (Å²) in [4.78, 5) is 5.81. The molecule has 1 aliphatic rings. The summed E-state index contributed by atoms with van der Waals surface area (Å²) in [5.41, 5.74) is 1.06. The Balaban J connectivity index is 2.10. The highest BCUT2D eigenvalue weighted by molar-refractivity contribution is 7.10. The van der Waals surface area contributed by atoms with E-state index in [9.17, 15) is 5.11 Å². The molecular weight excluding hydrogens is 220 g/mol. The maximum atomic E-state index is 10.4. The van der Waals surface area contributed by atoms with Gasteiger partial charge in [0.2, 0.25) is 0 Å². The molecule has 90 valence electrons. The number of hydrogen-bond donors (Lipinski definition) is 1. The van der Waals surface area contributed by atoms with Gasteiger partial charge in [-0.2, -0.15) is 0 Å². The zero-order chi connectivity index (χ0) is 11.7. The summed E-state index contributed by atoms with van der Waals surface area (Å²) in [6.45, 7) is 5.13. The number of nitrogens with zero attached hydrogens (tertiary/aromatic N) is 2. The number of thiophene rings is 1. The van der Waals surface area contributed by atoms with Crippen molar-refractivity contribution in [3.63, 3.8) is 0 Å². The Morgan fingerprint density at radius 1 is 1.44 bits per heavy atom. The highest BCUT2D eigenvalue weighted by Gasteiger charge is 2.29. The molecule has 0 bridgehead atoms. The second-order valence-electron chi connectivity index (χ2n) is 4.75. The van der Waals surface area contributed by atoms with Crippen molar-refractivity contribution in [2.24, 2.45) is 0 Å². The van der Waals surface area contributed by atoms with Gasteiger partial charge in [-0.25, -0.2) is 0 Å². The topological polar surface area (TPSA) is 26.7 Å². The lowest BCUT2D eigenvalue weighted by atomic mass is 10.0. The lowest BCUT2D eigenvalue weighted by molar-refractivity contribution is 0.0140. The van der Waals surface area contributed by atoms with Crippen LogP contribution in [0.3, 0.4) is 0 Å². The SMILES string of the molecule is Cc1cc(C(O)C2CN(C)CCN2C)cs1. The summed E-state index contributed by atoms with van der Waals surface area (Å²) in [5, 5.41) is 12.5. The van der Waals surface area contributed by atoms with Gasteiger partial charge < -0.3 is 10.0 Å². The Morgan fingerprint density at radius 3 is 2.81 bits per heavy atom. The second-order valence-corrected chi connectivity index (χ2v) is 5.86. The van der Waals surface area contributed by atoms with Gasteiger partial charge in [-0.15, -0.1) is 11.3 Å². The van der Waals surface area contributed by atoms with E-state index in [1.807, 2.05) is 0 Å². The van der Waals surface area contributed by atoms with E-state index in [1.165, 1.54) is 4.88 Å². The Kier molecular flexibility index (Phi) is 3.64.